The zero-order valence-corrected chi connectivity index (χ0v) is 11.7. The van der Waals surface area contributed by atoms with E-state index in [4.69, 9.17) is 10.5 Å². The van der Waals surface area contributed by atoms with Gasteiger partial charge in [-0.25, -0.2) is 0 Å². The highest BCUT2D eigenvalue weighted by atomic mass is 16.5. The zero-order valence-electron chi connectivity index (χ0n) is 11.7. The van der Waals surface area contributed by atoms with Crippen molar-refractivity contribution in [3.05, 3.63) is 29.3 Å². The van der Waals surface area contributed by atoms with E-state index in [2.05, 4.69) is 45.9 Å². The molecule has 0 unspecified atom stereocenters. The van der Waals surface area contributed by atoms with Gasteiger partial charge in [-0.2, -0.15) is 0 Å². The van der Waals surface area contributed by atoms with Gasteiger partial charge in [0.25, 0.3) is 0 Å². The summed E-state index contributed by atoms with van der Waals surface area (Å²) in [7, 11) is 1.73. The maximum atomic E-state index is 5.80. The molecule has 0 saturated heterocycles. The van der Waals surface area contributed by atoms with Gasteiger partial charge in [-0.3, -0.25) is 0 Å². The van der Waals surface area contributed by atoms with E-state index in [0.717, 1.165) is 12.2 Å². The zero-order chi connectivity index (χ0) is 13.1. The maximum absolute atomic E-state index is 5.80. The standard InChI is InChI=1S/C15H25NO/c1-11(2)12-6-7-14(17-5)13(8-12)9-15(3,4)10-16/h6-8,11H,9-10,16H2,1-5H3. The van der Waals surface area contributed by atoms with Crippen LogP contribution in [0.5, 0.6) is 5.75 Å². The largest absolute Gasteiger partial charge is 0.496 e. The average Bonchev–Trinajstić information content (AvgIpc) is 2.28. The monoisotopic (exact) mass is 235 g/mol. The van der Waals surface area contributed by atoms with Crippen LogP contribution >= 0.6 is 0 Å². The van der Waals surface area contributed by atoms with Crippen LogP contribution in [0.25, 0.3) is 0 Å². The van der Waals surface area contributed by atoms with Gasteiger partial charge >= 0.3 is 0 Å². The second-order valence-corrected chi connectivity index (χ2v) is 5.77. The summed E-state index contributed by atoms with van der Waals surface area (Å²) in [4.78, 5) is 0. The number of hydrogen-bond donors (Lipinski definition) is 1. The van der Waals surface area contributed by atoms with E-state index in [1.165, 1.54) is 11.1 Å². The third kappa shape index (κ3) is 3.74. The molecule has 0 bridgehead atoms. The fourth-order valence-corrected chi connectivity index (χ4v) is 1.88. The van der Waals surface area contributed by atoms with Crippen molar-refractivity contribution >= 4 is 0 Å². The van der Waals surface area contributed by atoms with E-state index in [1.54, 1.807) is 7.11 Å². The molecule has 1 rings (SSSR count). The predicted molar refractivity (Wildman–Crippen MR) is 73.6 cm³/mol. The molecule has 1 aromatic rings. The molecule has 0 fully saturated rings. The average molecular weight is 235 g/mol. The summed E-state index contributed by atoms with van der Waals surface area (Å²) in [5, 5.41) is 0. The Labute approximate surface area is 105 Å². The molecule has 0 heterocycles. The van der Waals surface area contributed by atoms with Gasteiger partial charge < -0.3 is 10.5 Å². The van der Waals surface area contributed by atoms with E-state index >= 15 is 0 Å². The van der Waals surface area contributed by atoms with Crippen LogP contribution in [0.15, 0.2) is 18.2 Å². The number of nitrogens with two attached hydrogens (primary N) is 1. The van der Waals surface area contributed by atoms with Crippen molar-refractivity contribution in [2.75, 3.05) is 13.7 Å². The molecule has 2 N–H and O–H groups in total. The minimum atomic E-state index is 0.114. The molecule has 0 atom stereocenters. The summed E-state index contributed by atoms with van der Waals surface area (Å²) in [5.74, 6) is 1.51. The molecule has 96 valence electrons. The van der Waals surface area contributed by atoms with Crippen molar-refractivity contribution in [2.45, 2.75) is 40.0 Å². The van der Waals surface area contributed by atoms with Gasteiger partial charge in [0.2, 0.25) is 0 Å². The number of methoxy groups -OCH3 is 1. The number of rotatable bonds is 5. The first-order valence-corrected chi connectivity index (χ1v) is 6.26. The molecule has 0 aliphatic heterocycles. The third-order valence-electron chi connectivity index (χ3n) is 3.19. The first-order chi connectivity index (χ1) is 7.89. The number of benzene rings is 1. The van der Waals surface area contributed by atoms with Crippen LogP contribution in [0.1, 0.15) is 44.7 Å². The van der Waals surface area contributed by atoms with E-state index < -0.39 is 0 Å². The van der Waals surface area contributed by atoms with Crippen molar-refractivity contribution in [1.29, 1.82) is 0 Å². The second-order valence-electron chi connectivity index (χ2n) is 5.77. The van der Waals surface area contributed by atoms with Crippen LogP contribution in [0.2, 0.25) is 0 Å². The molecule has 0 spiro atoms. The summed E-state index contributed by atoms with van der Waals surface area (Å²) in [6.45, 7) is 9.48. The molecular formula is C15H25NO. The van der Waals surface area contributed by atoms with Crippen molar-refractivity contribution < 1.29 is 4.74 Å². The van der Waals surface area contributed by atoms with E-state index in [9.17, 15) is 0 Å². The minimum absolute atomic E-state index is 0.114. The lowest BCUT2D eigenvalue weighted by Crippen LogP contribution is -2.26. The molecule has 1 aromatic carbocycles. The van der Waals surface area contributed by atoms with Crippen LogP contribution < -0.4 is 10.5 Å². The Morgan fingerprint density at radius 3 is 2.41 bits per heavy atom. The third-order valence-corrected chi connectivity index (χ3v) is 3.19. The van der Waals surface area contributed by atoms with E-state index in [0.29, 0.717) is 12.5 Å². The molecule has 2 heteroatoms. The fourth-order valence-electron chi connectivity index (χ4n) is 1.88. The SMILES string of the molecule is COc1ccc(C(C)C)cc1CC(C)(C)CN. The summed E-state index contributed by atoms with van der Waals surface area (Å²) in [5.41, 5.74) is 8.53. The van der Waals surface area contributed by atoms with Gasteiger partial charge in [-0.05, 0) is 41.5 Å². The second kappa shape index (κ2) is 5.54. The van der Waals surface area contributed by atoms with Gasteiger partial charge in [-0.1, -0.05) is 39.8 Å². The predicted octanol–water partition coefficient (Wildman–Crippen LogP) is 3.35. The van der Waals surface area contributed by atoms with Gasteiger partial charge in [0.1, 0.15) is 5.75 Å². The highest BCUT2D eigenvalue weighted by molar-refractivity contribution is 5.39. The van der Waals surface area contributed by atoms with Gasteiger partial charge in [0, 0.05) is 0 Å². The van der Waals surface area contributed by atoms with Crippen molar-refractivity contribution in [2.24, 2.45) is 11.1 Å². The first kappa shape index (κ1) is 14.0. The highest BCUT2D eigenvalue weighted by Gasteiger charge is 2.19. The maximum Gasteiger partial charge on any atom is 0.122 e. The first-order valence-electron chi connectivity index (χ1n) is 6.26. The van der Waals surface area contributed by atoms with Crippen molar-refractivity contribution in [1.82, 2.24) is 0 Å². The fraction of sp³-hybridized carbons (Fsp3) is 0.600. The molecular weight excluding hydrogens is 210 g/mol. The van der Waals surface area contributed by atoms with Crippen molar-refractivity contribution in [3.63, 3.8) is 0 Å². The van der Waals surface area contributed by atoms with Crippen LogP contribution in [-0.4, -0.2) is 13.7 Å². The van der Waals surface area contributed by atoms with E-state index in [-0.39, 0.29) is 5.41 Å². The lowest BCUT2D eigenvalue weighted by molar-refractivity contribution is 0.358. The van der Waals surface area contributed by atoms with Crippen LogP contribution in [-0.2, 0) is 6.42 Å². The smallest absolute Gasteiger partial charge is 0.122 e. The lowest BCUT2D eigenvalue weighted by atomic mass is 9.84. The Morgan fingerprint density at radius 1 is 1.29 bits per heavy atom. The molecule has 2 nitrogen and oxygen atoms in total. The van der Waals surface area contributed by atoms with Crippen LogP contribution in [0.4, 0.5) is 0 Å². The molecule has 17 heavy (non-hydrogen) atoms. The molecule has 0 saturated carbocycles. The Hall–Kier alpha value is -1.02. The van der Waals surface area contributed by atoms with Crippen molar-refractivity contribution in [3.8, 4) is 5.75 Å². The van der Waals surface area contributed by atoms with Crippen LogP contribution in [0.3, 0.4) is 0 Å². The quantitative estimate of drug-likeness (QED) is 0.849. The molecule has 0 aliphatic carbocycles. The van der Waals surface area contributed by atoms with Gasteiger partial charge in [-0.15, -0.1) is 0 Å². The normalized spacial score (nSPS) is 11.9. The van der Waals surface area contributed by atoms with E-state index in [1.807, 2.05) is 0 Å². The number of hydrogen-bond acceptors (Lipinski definition) is 2. The molecule has 0 aromatic heterocycles. The minimum Gasteiger partial charge on any atom is -0.496 e. The molecule has 0 amide bonds. The Kier molecular flexibility index (Phi) is 4.58. The topological polar surface area (TPSA) is 35.2 Å². The summed E-state index contributed by atoms with van der Waals surface area (Å²) < 4.78 is 5.43. The van der Waals surface area contributed by atoms with Gasteiger partial charge in [0.15, 0.2) is 0 Å². The van der Waals surface area contributed by atoms with Gasteiger partial charge in [0.05, 0.1) is 7.11 Å². The Balaban J connectivity index is 3.06. The Morgan fingerprint density at radius 2 is 1.94 bits per heavy atom. The number of ether oxygens (including phenoxy) is 1. The molecule has 0 radical (unpaired) electrons. The summed E-state index contributed by atoms with van der Waals surface area (Å²) in [6.07, 6.45) is 0.952. The summed E-state index contributed by atoms with van der Waals surface area (Å²) in [6, 6.07) is 6.46. The highest BCUT2D eigenvalue weighted by Crippen LogP contribution is 2.29. The lowest BCUT2D eigenvalue weighted by Gasteiger charge is -2.24. The van der Waals surface area contributed by atoms with Crippen LogP contribution in [0, 0.1) is 5.41 Å². The summed E-state index contributed by atoms with van der Waals surface area (Å²) >= 11 is 0. The molecule has 0 aliphatic rings. The Bertz CT molecular complexity index is 369.